The summed E-state index contributed by atoms with van der Waals surface area (Å²) in [5, 5.41) is 0. The van der Waals surface area contributed by atoms with E-state index in [9.17, 15) is 16.8 Å². The smallest absolute Gasteiger partial charge is 0.240 e. The van der Waals surface area contributed by atoms with Gasteiger partial charge in [-0.3, -0.25) is 4.31 Å². The lowest BCUT2D eigenvalue weighted by Gasteiger charge is -2.32. The van der Waals surface area contributed by atoms with Crippen LogP contribution in [0, 0.1) is 0 Å². The van der Waals surface area contributed by atoms with Crippen LogP contribution in [0.4, 0.5) is 5.69 Å². The summed E-state index contributed by atoms with van der Waals surface area (Å²) in [7, 11) is -5.57. The molecule has 0 aromatic heterocycles. The molecule has 9 heteroatoms. The normalized spacial score (nSPS) is 18.7. The van der Waals surface area contributed by atoms with Crippen LogP contribution in [0.3, 0.4) is 0 Å². The molecule has 0 saturated carbocycles. The van der Waals surface area contributed by atoms with Crippen molar-refractivity contribution in [3.8, 4) is 0 Å². The van der Waals surface area contributed by atoms with Crippen LogP contribution in [0.15, 0.2) is 59.5 Å². The Labute approximate surface area is 179 Å². The summed E-state index contributed by atoms with van der Waals surface area (Å²) in [6.07, 6.45) is 2.02. The monoisotopic (exact) mass is 452 g/mol. The molecule has 7 nitrogen and oxygen atoms in total. The molecule has 30 heavy (non-hydrogen) atoms. The van der Waals surface area contributed by atoms with Gasteiger partial charge in [-0.15, -0.1) is 0 Å². The standard InChI is InChI=1S/C21H28N2O5S2/c1-3-21(28-2,18-9-5-4-6-10-18)17-22-30(26,27)20-13-11-19(12-14-20)23-15-7-8-16-29(23,24)25/h4-6,9-14,22H,3,7-8,15-17H2,1-2H3. The third-order valence-corrected chi connectivity index (χ3v) is 8.88. The predicted molar refractivity (Wildman–Crippen MR) is 117 cm³/mol. The van der Waals surface area contributed by atoms with Crippen LogP contribution >= 0.6 is 0 Å². The molecule has 0 spiro atoms. The Morgan fingerprint density at radius 1 is 1.07 bits per heavy atom. The van der Waals surface area contributed by atoms with E-state index < -0.39 is 25.6 Å². The van der Waals surface area contributed by atoms with E-state index >= 15 is 0 Å². The van der Waals surface area contributed by atoms with Gasteiger partial charge in [0.25, 0.3) is 0 Å². The average Bonchev–Trinajstić information content (AvgIpc) is 2.75. The lowest BCUT2D eigenvalue weighted by atomic mass is 9.91. The maximum atomic E-state index is 12.9. The summed E-state index contributed by atoms with van der Waals surface area (Å²) in [5.41, 5.74) is 0.594. The average molecular weight is 453 g/mol. The number of sulfonamides is 2. The van der Waals surface area contributed by atoms with Crippen molar-refractivity contribution in [2.75, 3.05) is 30.3 Å². The molecule has 1 saturated heterocycles. The summed E-state index contributed by atoms with van der Waals surface area (Å²) in [5.74, 6) is 0.115. The number of nitrogens with one attached hydrogen (secondary N) is 1. The quantitative estimate of drug-likeness (QED) is 0.665. The molecule has 1 aliphatic heterocycles. The van der Waals surface area contributed by atoms with Gasteiger partial charge in [-0.2, -0.15) is 0 Å². The maximum Gasteiger partial charge on any atom is 0.240 e. The van der Waals surface area contributed by atoms with Crippen molar-refractivity contribution in [2.45, 2.75) is 36.7 Å². The van der Waals surface area contributed by atoms with Gasteiger partial charge in [-0.25, -0.2) is 21.6 Å². The van der Waals surface area contributed by atoms with Crippen molar-refractivity contribution >= 4 is 25.7 Å². The summed E-state index contributed by atoms with van der Waals surface area (Å²) in [6, 6.07) is 15.4. The van der Waals surface area contributed by atoms with Crippen LogP contribution in [0.25, 0.3) is 0 Å². The molecule has 1 aliphatic rings. The van der Waals surface area contributed by atoms with E-state index in [0.29, 0.717) is 25.1 Å². The van der Waals surface area contributed by atoms with Gasteiger partial charge in [0.1, 0.15) is 5.60 Å². The van der Waals surface area contributed by atoms with E-state index in [0.717, 1.165) is 12.0 Å². The third kappa shape index (κ3) is 4.69. The van der Waals surface area contributed by atoms with Gasteiger partial charge < -0.3 is 4.74 Å². The minimum atomic E-state index is -3.80. The van der Waals surface area contributed by atoms with Crippen molar-refractivity contribution in [1.29, 1.82) is 0 Å². The van der Waals surface area contributed by atoms with Crippen LogP contribution in [-0.2, 0) is 30.4 Å². The molecule has 1 N–H and O–H groups in total. The molecule has 2 aromatic carbocycles. The molecular weight excluding hydrogens is 424 g/mol. The Kier molecular flexibility index (Phi) is 6.86. The van der Waals surface area contributed by atoms with Gasteiger partial charge in [0.15, 0.2) is 0 Å². The van der Waals surface area contributed by atoms with Crippen molar-refractivity contribution in [1.82, 2.24) is 4.72 Å². The fourth-order valence-electron chi connectivity index (χ4n) is 3.67. The van der Waals surface area contributed by atoms with Gasteiger partial charge in [0.05, 0.1) is 16.3 Å². The zero-order chi connectivity index (χ0) is 21.8. The van der Waals surface area contributed by atoms with Crippen LogP contribution < -0.4 is 9.03 Å². The van der Waals surface area contributed by atoms with Crippen LogP contribution in [0.1, 0.15) is 31.7 Å². The highest BCUT2D eigenvalue weighted by Crippen LogP contribution is 2.29. The van der Waals surface area contributed by atoms with Crippen molar-refractivity contribution in [3.05, 3.63) is 60.2 Å². The highest BCUT2D eigenvalue weighted by Gasteiger charge is 2.32. The number of anilines is 1. The first-order valence-electron chi connectivity index (χ1n) is 9.95. The van der Waals surface area contributed by atoms with Crippen molar-refractivity contribution in [3.63, 3.8) is 0 Å². The second-order valence-electron chi connectivity index (χ2n) is 7.33. The van der Waals surface area contributed by atoms with Crippen molar-refractivity contribution < 1.29 is 21.6 Å². The van der Waals surface area contributed by atoms with E-state index in [1.165, 1.54) is 28.6 Å². The fraction of sp³-hybridized carbons (Fsp3) is 0.429. The Bertz CT molecular complexity index is 1050. The molecular formula is C21H28N2O5S2. The minimum absolute atomic E-state index is 0.0780. The van der Waals surface area contributed by atoms with Gasteiger partial charge in [-0.1, -0.05) is 37.3 Å². The zero-order valence-corrected chi connectivity index (χ0v) is 18.9. The zero-order valence-electron chi connectivity index (χ0n) is 17.2. The minimum Gasteiger partial charge on any atom is -0.372 e. The highest BCUT2D eigenvalue weighted by atomic mass is 32.2. The van der Waals surface area contributed by atoms with Gasteiger partial charge in [0.2, 0.25) is 20.0 Å². The molecule has 0 aliphatic carbocycles. The topological polar surface area (TPSA) is 92.8 Å². The summed E-state index contributed by atoms with van der Waals surface area (Å²) in [4.78, 5) is 0.0785. The van der Waals surface area contributed by atoms with E-state index in [1.807, 2.05) is 37.3 Å². The first-order chi connectivity index (χ1) is 14.2. The van der Waals surface area contributed by atoms with Gasteiger partial charge in [-0.05, 0) is 49.1 Å². The Morgan fingerprint density at radius 2 is 1.73 bits per heavy atom. The fourth-order valence-corrected chi connectivity index (χ4v) is 6.40. The van der Waals surface area contributed by atoms with Crippen LogP contribution in [0.5, 0.6) is 0 Å². The number of hydrogen-bond donors (Lipinski definition) is 1. The Balaban J connectivity index is 1.78. The van der Waals surface area contributed by atoms with Crippen molar-refractivity contribution in [2.24, 2.45) is 0 Å². The summed E-state index contributed by atoms with van der Waals surface area (Å²) >= 11 is 0. The predicted octanol–water partition coefficient (Wildman–Crippen LogP) is 2.85. The molecule has 0 bridgehead atoms. The van der Waals surface area contributed by atoms with Crippen LogP contribution in [0.2, 0.25) is 0 Å². The molecule has 2 aromatic rings. The number of ether oxygens (including phenoxy) is 1. The molecule has 3 rings (SSSR count). The highest BCUT2D eigenvalue weighted by molar-refractivity contribution is 7.92. The second kappa shape index (κ2) is 9.05. The van der Waals surface area contributed by atoms with E-state index in [1.54, 1.807) is 7.11 Å². The number of nitrogens with zero attached hydrogens (tertiary/aromatic N) is 1. The molecule has 1 atom stereocenters. The van der Waals surface area contributed by atoms with Gasteiger partial charge >= 0.3 is 0 Å². The van der Waals surface area contributed by atoms with E-state index in [4.69, 9.17) is 4.74 Å². The van der Waals surface area contributed by atoms with E-state index in [2.05, 4.69) is 4.72 Å². The first kappa shape index (κ1) is 22.7. The van der Waals surface area contributed by atoms with Gasteiger partial charge in [0, 0.05) is 20.2 Å². The molecule has 0 radical (unpaired) electrons. The SMILES string of the molecule is CCC(CNS(=O)(=O)c1ccc(N2CCCCS2(=O)=O)cc1)(OC)c1ccccc1. The number of benzene rings is 2. The lowest BCUT2D eigenvalue weighted by Crippen LogP contribution is -2.41. The second-order valence-corrected chi connectivity index (χ2v) is 11.1. The summed E-state index contributed by atoms with van der Waals surface area (Å²) < 4.78 is 60.0. The number of methoxy groups -OCH3 is 1. The van der Waals surface area contributed by atoms with Crippen LogP contribution in [-0.4, -0.2) is 42.8 Å². The third-order valence-electron chi connectivity index (χ3n) is 5.59. The first-order valence-corrected chi connectivity index (χ1v) is 13.0. The molecule has 1 unspecified atom stereocenters. The molecule has 164 valence electrons. The van der Waals surface area contributed by atoms with E-state index in [-0.39, 0.29) is 17.2 Å². The Morgan fingerprint density at radius 3 is 2.30 bits per heavy atom. The summed E-state index contributed by atoms with van der Waals surface area (Å²) in [6.45, 7) is 2.43. The largest absolute Gasteiger partial charge is 0.372 e. The number of hydrogen-bond acceptors (Lipinski definition) is 5. The molecule has 0 amide bonds. The molecule has 1 heterocycles. The maximum absolute atomic E-state index is 12.9. The lowest BCUT2D eigenvalue weighted by molar-refractivity contribution is -0.0133. The Hall–Kier alpha value is -1.94. The molecule has 1 fully saturated rings. The number of rotatable bonds is 8.